The predicted molar refractivity (Wildman–Crippen MR) is 77.9 cm³/mol. The van der Waals surface area contributed by atoms with Gasteiger partial charge in [-0.2, -0.15) is 0 Å². The number of carbonyl (C=O) groups is 1. The summed E-state index contributed by atoms with van der Waals surface area (Å²) in [5.41, 5.74) is 0.957. The summed E-state index contributed by atoms with van der Waals surface area (Å²) in [4.78, 5) is 10.9. The lowest BCUT2D eigenvalue weighted by molar-refractivity contribution is 0.0661. The van der Waals surface area contributed by atoms with Gasteiger partial charge in [-0.15, -0.1) is 0 Å². The van der Waals surface area contributed by atoms with Gasteiger partial charge in [-0.05, 0) is 44.6 Å². The molecule has 2 N–H and O–H groups in total. The van der Waals surface area contributed by atoms with Gasteiger partial charge in [0, 0.05) is 18.2 Å². The highest BCUT2D eigenvalue weighted by atomic mass is 16.4. The van der Waals surface area contributed by atoms with Crippen molar-refractivity contribution in [3.8, 4) is 0 Å². The molecule has 0 amide bonds. The molecule has 1 aliphatic rings. The first-order valence-corrected chi connectivity index (χ1v) is 7.66. The van der Waals surface area contributed by atoms with E-state index < -0.39 is 5.97 Å². The van der Waals surface area contributed by atoms with Gasteiger partial charge in [0.15, 0.2) is 0 Å². The van der Waals surface area contributed by atoms with Crippen LogP contribution in [0.3, 0.4) is 0 Å². The first-order valence-electron chi connectivity index (χ1n) is 7.66. The van der Waals surface area contributed by atoms with Gasteiger partial charge in [-0.25, -0.2) is 4.79 Å². The van der Waals surface area contributed by atoms with E-state index in [2.05, 4.69) is 12.2 Å². The van der Waals surface area contributed by atoms with Crippen molar-refractivity contribution in [2.45, 2.75) is 65.0 Å². The molecule has 0 bridgehead atoms. The number of hydrogen-bond donors (Lipinski definition) is 2. The third-order valence-corrected chi connectivity index (χ3v) is 4.36. The topological polar surface area (TPSA) is 62.5 Å². The SMILES string of the molecule is CCCC1CCC(NCc2cc(C(=O)O)oc2C)CC1. The van der Waals surface area contributed by atoms with E-state index in [0.29, 0.717) is 18.3 Å². The zero-order valence-electron chi connectivity index (χ0n) is 12.4. The summed E-state index contributed by atoms with van der Waals surface area (Å²) in [5.74, 6) is 0.646. The Morgan fingerprint density at radius 2 is 2.10 bits per heavy atom. The second kappa shape index (κ2) is 6.93. The molecule has 0 aromatic carbocycles. The molecule has 4 nitrogen and oxygen atoms in total. The van der Waals surface area contributed by atoms with E-state index in [1.165, 1.54) is 38.5 Å². The van der Waals surface area contributed by atoms with Crippen LogP contribution in [-0.2, 0) is 6.54 Å². The lowest BCUT2D eigenvalue weighted by atomic mass is 9.83. The summed E-state index contributed by atoms with van der Waals surface area (Å²) >= 11 is 0. The zero-order valence-corrected chi connectivity index (χ0v) is 12.4. The number of carboxylic acids is 1. The minimum Gasteiger partial charge on any atom is -0.475 e. The van der Waals surface area contributed by atoms with Crippen LogP contribution in [0.1, 0.15) is 67.3 Å². The van der Waals surface area contributed by atoms with E-state index in [0.717, 1.165) is 11.5 Å². The predicted octanol–water partition coefficient (Wildman–Crippen LogP) is 3.73. The van der Waals surface area contributed by atoms with Crippen LogP contribution in [0.5, 0.6) is 0 Å². The zero-order chi connectivity index (χ0) is 14.5. The highest BCUT2D eigenvalue weighted by Gasteiger charge is 2.21. The van der Waals surface area contributed by atoms with Crippen molar-refractivity contribution >= 4 is 5.97 Å². The van der Waals surface area contributed by atoms with Gasteiger partial charge < -0.3 is 14.8 Å². The van der Waals surface area contributed by atoms with Gasteiger partial charge >= 0.3 is 5.97 Å². The highest BCUT2D eigenvalue weighted by Crippen LogP contribution is 2.28. The Bertz CT molecular complexity index is 445. The van der Waals surface area contributed by atoms with E-state index in [1.54, 1.807) is 6.07 Å². The first-order chi connectivity index (χ1) is 9.60. The Labute approximate surface area is 120 Å². The highest BCUT2D eigenvalue weighted by molar-refractivity contribution is 5.84. The molecule has 0 atom stereocenters. The fraction of sp³-hybridized carbons (Fsp3) is 0.688. The third-order valence-electron chi connectivity index (χ3n) is 4.36. The van der Waals surface area contributed by atoms with Crippen LogP contribution in [0.25, 0.3) is 0 Å². The quantitative estimate of drug-likeness (QED) is 0.832. The lowest BCUT2D eigenvalue weighted by Gasteiger charge is -2.29. The molecule has 20 heavy (non-hydrogen) atoms. The molecule has 0 saturated heterocycles. The molecule has 1 aromatic heterocycles. The van der Waals surface area contributed by atoms with Gasteiger partial charge in [0.2, 0.25) is 5.76 Å². The standard InChI is InChI=1S/C16H25NO3/c1-3-4-12-5-7-14(8-6-12)17-10-13-9-15(16(18)19)20-11(13)2/h9,12,14,17H,3-8,10H2,1-2H3,(H,18,19). The molecule has 4 heteroatoms. The molecule has 112 valence electrons. The molecule has 0 spiro atoms. The van der Waals surface area contributed by atoms with Crippen LogP contribution >= 0.6 is 0 Å². The molecule has 0 unspecified atom stereocenters. The molecular weight excluding hydrogens is 254 g/mol. The number of nitrogens with one attached hydrogen (secondary N) is 1. The normalized spacial score (nSPS) is 22.9. The summed E-state index contributed by atoms with van der Waals surface area (Å²) < 4.78 is 5.23. The van der Waals surface area contributed by atoms with Crippen LogP contribution in [0.15, 0.2) is 10.5 Å². The molecule has 1 fully saturated rings. The average molecular weight is 279 g/mol. The van der Waals surface area contributed by atoms with Crippen LogP contribution in [0.2, 0.25) is 0 Å². The first kappa shape index (κ1) is 15.1. The third kappa shape index (κ3) is 3.85. The molecular formula is C16H25NO3. The maximum atomic E-state index is 10.9. The van der Waals surface area contributed by atoms with E-state index in [4.69, 9.17) is 9.52 Å². The van der Waals surface area contributed by atoms with Crippen molar-refractivity contribution in [2.75, 3.05) is 0 Å². The number of aromatic carboxylic acids is 1. The van der Waals surface area contributed by atoms with Crippen LogP contribution in [0, 0.1) is 12.8 Å². The second-order valence-electron chi connectivity index (χ2n) is 5.88. The van der Waals surface area contributed by atoms with Gasteiger partial charge in [-0.3, -0.25) is 0 Å². The Hall–Kier alpha value is -1.29. The van der Waals surface area contributed by atoms with Crippen LogP contribution in [0.4, 0.5) is 0 Å². The molecule has 0 radical (unpaired) electrons. The summed E-state index contributed by atoms with van der Waals surface area (Å²) in [7, 11) is 0. The molecule has 1 aromatic rings. The van der Waals surface area contributed by atoms with Crippen molar-refractivity contribution in [3.05, 3.63) is 23.2 Å². The van der Waals surface area contributed by atoms with Crippen molar-refractivity contribution in [1.82, 2.24) is 5.32 Å². The number of rotatable bonds is 6. The van der Waals surface area contributed by atoms with Crippen molar-refractivity contribution in [1.29, 1.82) is 0 Å². The summed E-state index contributed by atoms with van der Waals surface area (Å²) in [6, 6.07) is 2.19. The Morgan fingerprint density at radius 1 is 1.40 bits per heavy atom. The minimum atomic E-state index is -1.00. The Balaban J connectivity index is 1.80. The Morgan fingerprint density at radius 3 is 2.65 bits per heavy atom. The number of hydrogen-bond acceptors (Lipinski definition) is 3. The van der Waals surface area contributed by atoms with E-state index >= 15 is 0 Å². The second-order valence-corrected chi connectivity index (χ2v) is 5.88. The molecule has 1 saturated carbocycles. The molecule has 0 aliphatic heterocycles. The summed E-state index contributed by atoms with van der Waals surface area (Å²) in [5, 5.41) is 12.4. The van der Waals surface area contributed by atoms with Gasteiger partial charge in [0.05, 0.1) is 0 Å². The number of aryl methyl sites for hydroxylation is 1. The van der Waals surface area contributed by atoms with Gasteiger partial charge in [-0.1, -0.05) is 19.8 Å². The van der Waals surface area contributed by atoms with Crippen LogP contribution in [-0.4, -0.2) is 17.1 Å². The number of carboxylic acid groups (broad SMARTS) is 1. The fourth-order valence-corrected chi connectivity index (χ4v) is 3.12. The lowest BCUT2D eigenvalue weighted by Crippen LogP contribution is -2.32. The smallest absolute Gasteiger partial charge is 0.371 e. The summed E-state index contributed by atoms with van der Waals surface area (Å²) in [6.07, 6.45) is 7.73. The fourth-order valence-electron chi connectivity index (χ4n) is 3.12. The largest absolute Gasteiger partial charge is 0.475 e. The van der Waals surface area contributed by atoms with Crippen molar-refractivity contribution in [2.24, 2.45) is 5.92 Å². The monoisotopic (exact) mass is 279 g/mol. The van der Waals surface area contributed by atoms with Crippen molar-refractivity contribution < 1.29 is 14.3 Å². The molecule has 1 heterocycles. The number of furan rings is 1. The van der Waals surface area contributed by atoms with Gasteiger partial charge in [0.1, 0.15) is 5.76 Å². The molecule has 2 rings (SSSR count). The maximum Gasteiger partial charge on any atom is 0.371 e. The minimum absolute atomic E-state index is 0.0333. The van der Waals surface area contributed by atoms with E-state index in [9.17, 15) is 4.79 Å². The maximum absolute atomic E-state index is 10.9. The van der Waals surface area contributed by atoms with Crippen molar-refractivity contribution in [3.63, 3.8) is 0 Å². The van der Waals surface area contributed by atoms with Crippen LogP contribution < -0.4 is 5.32 Å². The van der Waals surface area contributed by atoms with E-state index in [-0.39, 0.29) is 5.76 Å². The Kier molecular flexibility index (Phi) is 5.24. The van der Waals surface area contributed by atoms with E-state index in [1.807, 2.05) is 6.92 Å². The summed E-state index contributed by atoms with van der Waals surface area (Å²) in [6.45, 7) is 4.78. The molecule has 1 aliphatic carbocycles. The van der Waals surface area contributed by atoms with Gasteiger partial charge in [0.25, 0.3) is 0 Å². The average Bonchev–Trinajstić information content (AvgIpc) is 2.80.